The zero-order valence-corrected chi connectivity index (χ0v) is 31.1. The Morgan fingerprint density at radius 2 is 0.981 bits per heavy atom. The van der Waals surface area contributed by atoms with Crippen molar-refractivity contribution in [2.75, 3.05) is 13.1 Å². The number of hydrogen-bond donors (Lipinski definition) is 1. The van der Waals surface area contributed by atoms with Crippen molar-refractivity contribution < 1.29 is 28.8 Å². The number of nitrogens with zero attached hydrogens (tertiary/aromatic N) is 6. The van der Waals surface area contributed by atoms with Gasteiger partial charge in [-0.2, -0.15) is 0 Å². The molecule has 0 radical (unpaired) electrons. The minimum absolute atomic E-state index is 0.124. The molecule has 284 valence electrons. The van der Waals surface area contributed by atoms with E-state index in [0.29, 0.717) is 13.2 Å². The molecule has 12 nitrogen and oxygen atoms in total. The first kappa shape index (κ1) is 44.5. The fraction of sp³-hybridized carbons (Fsp3) is 0.310. The average Bonchev–Trinajstić information content (AvgIpc) is 3.21. The van der Waals surface area contributed by atoms with Gasteiger partial charge in [-0.05, 0) is 54.1 Å². The number of rotatable bonds is 20. The van der Waals surface area contributed by atoms with Crippen LogP contribution in [0, 0.1) is 0 Å². The molecule has 4 aromatic rings. The molecule has 12 heteroatoms. The van der Waals surface area contributed by atoms with E-state index in [0.717, 1.165) is 22.3 Å². The van der Waals surface area contributed by atoms with Crippen LogP contribution < -0.4 is 0 Å². The first-order valence-electron chi connectivity index (χ1n) is 17.4. The molecule has 54 heavy (non-hydrogen) atoms. The predicted octanol–water partition coefficient (Wildman–Crippen LogP) is 10.2. The highest BCUT2D eigenvalue weighted by molar-refractivity contribution is 5.73. The number of azide groups is 2. The Labute approximate surface area is 317 Å². The van der Waals surface area contributed by atoms with Crippen molar-refractivity contribution in [1.82, 2.24) is 0 Å². The predicted molar refractivity (Wildman–Crippen MR) is 211 cm³/mol. The number of ether oxygens (including phenoxy) is 4. The fourth-order valence-electron chi connectivity index (χ4n) is 4.47. The molecular formula is C42H50N6O6. The quantitative estimate of drug-likeness (QED) is 0.0409. The van der Waals surface area contributed by atoms with Crippen LogP contribution in [0.2, 0.25) is 0 Å². The summed E-state index contributed by atoms with van der Waals surface area (Å²) < 4.78 is 23.0. The Bertz CT molecular complexity index is 1730. The largest absolute Gasteiger partial charge is 0.479 e. The van der Waals surface area contributed by atoms with E-state index in [1.807, 2.05) is 128 Å². The summed E-state index contributed by atoms with van der Waals surface area (Å²) in [5.41, 5.74) is 22.4. The maximum Gasteiger partial charge on any atom is 0.335 e. The molecule has 0 bridgehead atoms. The van der Waals surface area contributed by atoms with Gasteiger partial charge in [0.05, 0.1) is 45.6 Å². The van der Waals surface area contributed by atoms with Gasteiger partial charge in [0, 0.05) is 9.82 Å². The zero-order chi connectivity index (χ0) is 39.2. The normalized spacial score (nSPS) is 12.3. The number of hydrogen-bond acceptors (Lipinski definition) is 7. The van der Waals surface area contributed by atoms with Crippen LogP contribution in [0.25, 0.3) is 20.9 Å². The summed E-state index contributed by atoms with van der Waals surface area (Å²) in [6, 6.07) is 38.3. The van der Waals surface area contributed by atoms with Gasteiger partial charge in [-0.15, -0.1) is 6.58 Å². The third-order valence-corrected chi connectivity index (χ3v) is 7.58. The van der Waals surface area contributed by atoms with Gasteiger partial charge < -0.3 is 24.1 Å². The first-order chi connectivity index (χ1) is 26.3. The SMILES string of the molecule is C=C[C@@H](OCc1ccccc1)C(CN=[N+]=[N-])OCc1ccccc1.CC=C(C)C.[N-]=[N+]=NCC(OCc1ccccc1)[C@H](OCc1ccccc1)C(=O)O. The van der Waals surface area contributed by atoms with E-state index < -0.39 is 18.2 Å². The van der Waals surface area contributed by atoms with Crippen LogP contribution >= 0.6 is 0 Å². The van der Waals surface area contributed by atoms with Crippen LogP contribution in [0.4, 0.5) is 0 Å². The molecule has 0 aliphatic heterocycles. The van der Waals surface area contributed by atoms with Gasteiger partial charge in [0.25, 0.3) is 0 Å². The number of benzene rings is 4. The summed E-state index contributed by atoms with van der Waals surface area (Å²) >= 11 is 0. The molecule has 0 saturated carbocycles. The lowest BCUT2D eigenvalue weighted by Gasteiger charge is -2.24. The number of carbonyl (C=O) groups is 1. The highest BCUT2D eigenvalue weighted by Gasteiger charge is 2.30. The van der Waals surface area contributed by atoms with Crippen LogP contribution in [0.3, 0.4) is 0 Å². The molecule has 1 N–H and O–H groups in total. The third-order valence-electron chi connectivity index (χ3n) is 7.58. The van der Waals surface area contributed by atoms with Gasteiger partial charge in [-0.25, -0.2) is 4.79 Å². The molecule has 0 fully saturated rings. The summed E-state index contributed by atoms with van der Waals surface area (Å²) in [5, 5.41) is 16.6. The van der Waals surface area contributed by atoms with Crippen molar-refractivity contribution in [2.24, 2.45) is 10.2 Å². The van der Waals surface area contributed by atoms with Crippen LogP contribution in [-0.4, -0.2) is 48.6 Å². The van der Waals surface area contributed by atoms with Gasteiger partial charge in [-0.1, -0.05) is 149 Å². The van der Waals surface area contributed by atoms with Crippen molar-refractivity contribution >= 4 is 5.97 Å². The van der Waals surface area contributed by atoms with Crippen LogP contribution in [0.15, 0.2) is 156 Å². The topological polar surface area (TPSA) is 172 Å². The third kappa shape index (κ3) is 19.2. The second-order valence-electron chi connectivity index (χ2n) is 11.9. The Kier molecular flexibility index (Phi) is 22.9. The van der Waals surface area contributed by atoms with E-state index in [2.05, 4.69) is 46.6 Å². The van der Waals surface area contributed by atoms with Crippen molar-refractivity contribution in [3.8, 4) is 0 Å². The number of carboxylic acid groups (broad SMARTS) is 1. The number of carboxylic acids is 1. The Balaban J connectivity index is 0.000000332. The average molecular weight is 735 g/mol. The molecule has 0 aliphatic carbocycles. The van der Waals surface area contributed by atoms with E-state index >= 15 is 0 Å². The zero-order valence-electron chi connectivity index (χ0n) is 31.1. The summed E-state index contributed by atoms with van der Waals surface area (Å²) in [6.07, 6.45) is 0.888. The summed E-state index contributed by atoms with van der Waals surface area (Å²) in [4.78, 5) is 17.1. The van der Waals surface area contributed by atoms with Crippen LogP contribution in [-0.2, 0) is 50.2 Å². The molecule has 4 atom stereocenters. The van der Waals surface area contributed by atoms with E-state index in [1.54, 1.807) is 6.08 Å². The maximum atomic E-state index is 11.6. The van der Waals surface area contributed by atoms with Gasteiger partial charge in [0.2, 0.25) is 0 Å². The van der Waals surface area contributed by atoms with E-state index in [4.69, 9.17) is 30.0 Å². The number of allylic oxidation sites excluding steroid dienone is 2. The number of aliphatic carboxylic acids is 1. The molecule has 0 aliphatic rings. The van der Waals surface area contributed by atoms with Crippen molar-refractivity contribution in [3.05, 3.63) is 189 Å². The van der Waals surface area contributed by atoms with Crippen molar-refractivity contribution in [2.45, 2.75) is 71.6 Å². The lowest BCUT2D eigenvalue weighted by Crippen LogP contribution is -2.40. The van der Waals surface area contributed by atoms with Crippen molar-refractivity contribution in [1.29, 1.82) is 0 Å². The Morgan fingerprint density at radius 1 is 0.648 bits per heavy atom. The second kappa shape index (κ2) is 27.9. The Hall–Kier alpha value is -5.71. The monoisotopic (exact) mass is 734 g/mol. The molecule has 0 saturated heterocycles. The molecular weight excluding hydrogens is 684 g/mol. The highest BCUT2D eigenvalue weighted by Crippen LogP contribution is 2.15. The standard InChI is InChI=1S/C19H21N3O2.C18H19N3O4.C5H10/c1-2-18(23-14-16-9-5-3-6-10-16)19(13-21-22-20)24-15-17-11-7-4-8-12-17;19-21-20-11-16(24-12-14-7-3-1-4-8-14)17(18(22)23)25-13-15-9-5-2-6-10-15;1-4-5(2)3/h2-12,18-19H,1,13-15H2;1-10,16-17H,11-13H2,(H,22,23);4H,1-3H3/t18-,19?;16?,17-;/m10./s1. The van der Waals surface area contributed by atoms with E-state index in [1.165, 1.54) is 5.57 Å². The first-order valence-corrected chi connectivity index (χ1v) is 17.4. The second-order valence-corrected chi connectivity index (χ2v) is 11.9. The van der Waals surface area contributed by atoms with Gasteiger partial charge in [0.1, 0.15) is 12.2 Å². The molecule has 0 spiro atoms. The van der Waals surface area contributed by atoms with Gasteiger partial charge >= 0.3 is 5.97 Å². The van der Waals surface area contributed by atoms with Gasteiger partial charge in [0.15, 0.2) is 6.10 Å². The van der Waals surface area contributed by atoms with E-state index in [-0.39, 0.29) is 38.5 Å². The Morgan fingerprint density at radius 3 is 1.31 bits per heavy atom. The highest BCUT2D eigenvalue weighted by atomic mass is 16.6. The molecule has 0 amide bonds. The fourth-order valence-corrected chi connectivity index (χ4v) is 4.47. The summed E-state index contributed by atoms with van der Waals surface area (Å²) in [5.74, 6) is -1.16. The maximum absolute atomic E-state index is 11.6. The molecule has 4 aromatic carbocycles. The molecule has 4 rings (SSSR count). The summed E-state index contributed by atoms with van der Waals surface area (Å²) in [7, 11) is 0. The van der Waals surface area contributed by atoms with E-state index in [9.17, 15) is 9.90 Å². The van der Waals surface area contributed by atoms with Crippen LogP contribution in [0.5, 0.6) is 0 Å². The molecule has 0 heterocycles. The molecule has 0 aromatic heterocycles. The van der Waals surface area contributed by atoms with Crippen LogP contribution in [0.1, 0.15) is 43.0 Å². The minimum atomic E-state index is -1.24. The summed E-state index contributed by atoms with van der Waals surface area (Å²) in [6.45, 7) is 11.3. The lowest BCUT2D eigenvalue weighted by molar-refractivity contribution is -0.163. The minimum Gasteiger partial charge on any atom is -0.479 e. The van der Waals surface area contributed by atoms with Crippen molar-refractivity contribution in [3.63, 3.8) is 0 Å². The van der Waals surface area contributed by atoms with Gasteiger partial charge in [-0.3, -0.25) is 0 Å². The molecule has 2 unspecified atom stereocenters. The lowest BCUT2D eigenvalue weighted by atomic mass is 10.2. The smallest absolute Gasteiger partial charge is 0.335 e.